The van der Waals surface area contributed by atoms with E-state index in [1.54, 1.807) is 7.11 Å². The van der Waals surface area contributed by atoms with Gasteiger partial charge < -0.3 is 14.6 Å². The molecule has 1 fully saturated rings. The van der Waals surface area contributed by atoms with E-state index in [0.717, 1.165) is 49.6 Å². The Bertz CT molecular complexity index is 1350. The normalized spacial score (nSPS) is 14.9. The second-order valence-corrected chi connectivity index (χ2v) is 10.1. The van der Waals surface area contributed by atoms with E-state index in [9.17, 15) is 4.79 Å². The van der Waals surface area contributed by atoms with E-state index < -0.39 is 0 Å². The summed E-state index contributed by atoms with van der Waals surface area (Å²) < 4.78 is 7.61. The molecule has 2 heterocycles. The number of piperidine rings is 1. The molecular formula is C31H35N3O2. The number of hydrogen-bond donors (Lipinski definition) is 1. The Kier molecular flexibility index (Phi) is 7.10. The fourth-order valence-electron chi connectivity index (χ4n) is 5.12. The zero-order valence-corrected chi connectivity index (χ0v) is 21.4. The Morgan fingerprint density at radius 2 is 1.81 bits per heavy atom. The van der Waals surface area contributed by atoms with Crippen LogP contribution in [0.25, 0.3) is 16.6 Å². The van der Waals surface area contributed by atoms with Gasteiger partial charge in [-0.3, -0.25) is 9.69 Å². The molecule has 186 valence electrons. The Hall–Kier alpha value is -3.57. The van der Waals surface area contributed by atoms with E-state index in [1.807, 2.05) is 32.0 Å². The number of likely N-dealkylation sites (tertiary alicyclic amines) is 1. The van der Waals surface area contributed by atoms with Crippen LogP contribution in [-0.4, -0.2) is 35.6 Å². The van der Waals surface area contributed by atoms with Gasteiger partial charge in [-0.25, -0.2) is 0 Å². The first-order chi connectivity index (χ1) is 17.5. The lowest BCUT2D eigenvalue weighted by Gasteiger charge is -2.32. The zero-order valence-electron chi connectivity index (χ0n) is 21.4. The lowest BCUT2D eigenvalue weighted by molar-refractivity contribution is -0.118. The van der Waals surface area contributed by atoms with Crippen molar-refractivity contribution in [3.63, 3.8) is 0 Å². The van der Waals surface area contributed by atoms with Crippen LogP contribution in [0, 0.1) is 5.92 Å². The number of anilines is 1. The first-order valence-electron chi connectivity index (χ1n) is 12.9. The molecule has 36 heavy (non-hydrogen) atoms. The molecule has 0 radical (unpaired) electrons. The average Bonchev–Trinajstić information content (AvgIpc) is 3.32. The highest BCUT2D eigenvalue weighted by Crippen LogP contribution is 2.31. The van der Waals surface area contributed by atoms with Gasteiger partial charge in [0.15, 0.2) is 0 Å². The van der Waals surface area contributed by atoms with Crippen LogP contribution in [0.5, 0.6) is 5.75 Å². The fraction of sp³-hybridized carbons (Fsp3) is 0.323. The minimum atomic E-state index is -0.0171. The van der Waals surface area contributed by atoms with Crippen molar-refractivity contribution in [3.8, 4) is 11.4 Å². The van der Waals surface area contributed by atoms with E-state index in [0.29, 0.717) is 5.92 Å². The summed E-state index contributed by atoms with van der Waals surface area (Å²) in [5, 5.41) is 4.29. The molecule has 1 N–H and O–H groups in total. The van der Waals surface area contributed by atoms with E-state index in [4.69, 9.17) is 4.74 Å². The topological polar surface area (TPSA) is 46.5 Å². The number of ether oxygens (including phenoxy) is 1. The van der Waals surface area contributed by atoms with Crippen LogP contribution in [-0.2, 0) is 11.3 Å². The van der Waals surface area contributed by atoms with Crippen LogP contribution in [0.1, 0.15) is 43.7 Å². The molecule has 1 aliphatic rings. The van der Waals surface area contributed by atoms with Crippen LogP contribution >= 0.6 is 0 Å². The standard InChI is InChI=1S/C31H35N3O2/c1-22(2)31(35)32-27-7-4-6-25(19-27)24-12-15-33(16-13-24)21-23-10-11-30-26(18-23)14-17-34(30)28-8-5-9-29(20-28)36-3/h4-11,14,17-20,22,24H,12-13,15-16,21H2,1-3H3,(H,32,35). The van der Waals surface area contributed by atoms with Gasteiger partial charge in [0.05, 0.1) is 12.6 Å². The van der Waals surface area contributed by atoms with Gasteiger partial charge in [0, 0.05) is 41.5 Å². The van der Waals surface area contributed by atoms with Crippen molar-refractivity contribution < 1.29 is 9.53 Å². The number of nitrogens with zero attached hydrogens (tertiary/aromatic N) is 2. The second kappa shape index (κ2) is 10.6. The molecule has 5 rings (SSSR count). The molecule has 1 amide bonds. The van der Waals surface area contributed by atoms with Gasteiger partial charge in [0.25, 0.3) is 0 Å². The lowest BCUT2D eigenvalue weighted by atomic mass is 9.89. The molecule has 0 atom stereocenters. The Balaban J connectivity index is 1.22. The van der Waals surface area contributed by atoms with Gasteiger partial charge >= 0.3 is 0 Å². The van der Waals surface area contributed by atoms with E-state index in [1.165, 1.54) is 22.0 Å². The molecule has 0 saturated carbocycles. The summed E-state index contributed by atoms with van der Waals surface area (Å²) in [6.45, 7) is 6.97. The number of rotatable bonds is 7. The van der Waals surface area contributed by atoms with Crippen LogP contribution in [0.3, 0.4) is 0 Å². The van der Waals surface area contributed by atoms with Crippen LogP contribution in [0.15, 0.2) is 79.0 Å². The Morgan fingerprint density at radius 3 is 2.58 bits per heavy atom. The van der Waals surface area contributed by atoms with Crippen LogP contribution in [0.4, 0.5) is 5.69 Å². The molecule has 1 aliphatic heterocycles. The Morgan fingerprint density at radius 1 is 1.00 bits per heavy atom. The maximum atomic E-state index is 12.1. The first-order valence-corrected chi connectivity index (χ1v) is 12.9. The largest absolute Gasteiger partial charge is 0.497 e. The van der Waals surface area contributed by atoms with Crippen molar-refractivity contribution in [1.82, 2.24) is 9.47 Å². The highest BCUT2D eigenvalue weighted by molar-refractivity contribution is 5.92. The molecule has 5 heteroatoms. The summed E-state index contributed by atoms with van der Waals surface area (Å²) in [5.74, 6) is 1.45. The number of carbonyl (C=O) groups is 1. The third kappa shape index (κ3) is 5.31. The van der Waals surface area contributed by atoms with E-state index in [2.05, 4.69) is 75.6 Å². The SMILES string of the molecule is COc1cccc(-n2ccc3cc(CN4CCC(c5cccc(NC(=O)C(C)C)c5)CC4)ccc32)c1. The summed E-state index contributed by atoms with van der Waals surface area (Å²) in [5.41, 5.74) is 5.89. The van der Waals surface area contributed by atoms with Crippen molar-refractivity contribution in [3.05, 3.63) is 90.1 Å². The molecule has 0 aliphatic carbocycles. The van der Waals surface area contributed by atoms with E-state index in [-0.39, 0.29) is 11.8 Å². The van der Waals surface area contributed by atoms with Crippen molar-refractivity contribution in [2.75, 3.05) is 25.5 Å². The predicted molar refractivity (Wildman–Crippen MR) is 147 cm³/mol. The predicted octanol–water partition coefficient (Wildman–Crippen LogP) is 6.61. The lowest BCUT2D eigenvalue weighted by Crippen LogP contribution is -2.32. The third-order valence-electron chi connectivity index (χ3n) is 7.23. The summed E-state index contributed by atoms with van der Waals surface area (Å²) in [6.07, 6.45) is 4.40. The van der Waals surface area contributed by atoms with Gasteiger partial charge in [-0.1, -0.05) is 38.1 Å². The molecule has 1 aromatic heterocycles. The number of aromatic nitrogens is 1. The van der Waals surface area contributed by atoms with Gasteiger partial charge in [-0.05, 0) is 85.4 Å². The summed E-state index contributed by atoms with van der Waals surface area (Å²) in [7, 11) is 1.70. The van der Waals surface area contributed by atoms with Crippen LogP contribution < -0.4 is 10.1 Å². The highest BCUT2D eigenvalue weighted by atomic mass is 16.5. The zero-order chi connectivity index (χ0) is 25.1. The van der Waals surface area contributed by atoms with Gasteiger partial charge in [-0.2, -0.15) is 0 Å². The Labute approximate surface area is 213 Å². The molecule has 0 bridgehead atoms. The molecule has 0 unspecified atom stereocenters. The number of benzene rings is 3. The highest BCUT2D eigenvalue weighted by Gasteiger charge is 2.21. The molecule has 0 spiro atoms. The van der Waals surface area contributed by atoms with Crippen molar-refractivity contribution in [1.29, 1.82) is 0 Å². The fourth-order valence-corrected chi connectivity index (χ4v) is 5.12. The summed E-state index contributed by atoms with van der Waals surface area (Å²) >= 11 is 0. The van der Waals surface area contributed by atoms with Crippen molar-refractivity contribution >= 4 is 22.5 Å². The molecule has 1 saturated heterocycles. The molecule has 5 nitrogen and oxygen atoms in total. The molecule has 4 aromatic rings. The van der Waals surface area contributed by atoms with Gasteiger partial charge in [0.1, 0.15) is 5.75 Å². The number of nitrogens with one attached hydrogen (secondary N) is 1. The quantitative estimate of drug-likeness (QED) is 0.323. The van der Waals surface area contributed by atoms with Gasteiger partial charge in [0.2, 0.25) is 5.91 Å². The maximum Gasteiger partial charge on any atom is 0.226 e. The maximum absolute atomic E-state index is 12.1. The second-order valence-electron chi connectivity index (χ2n) is 10.1. The minimum absolute atomic E-state index is 0.0171. The average molecular weight is 482 g/mol. The summed E-state index contributed by atoms with van der Waals surface area (Å²) in [4.78, 5) is 14.6. The van der Waals surface area contributed by atoms with Crippen molar-refractivity contribution in [2.45, 2.75) is 39.2 Å². The minimum Gasteiger partial charge on any atom is -0.497 e. The number of hydrogen-bond acceptors (Lipinski definition) is 3. The monoisotopic (exact) mass is 481 g/mol. The van der Waals surface area contributed by atoms with Crippen LogP contribution in [0.2, 0.25) is 0 Å². The number of carbonyl (C=O) groups excluding carboxylic acids is 1. The first kappa shape index (κ1) is 24.1. The number of methoxy groups -OCH3 is 1. The third-order valence-corrected chi connectivity index (χ3v) is 7.23. The number of amides is 1. The summed E-state index contributed by atoms with van der Waals surface area (Å²) in [6, 6.07) is 25.6. The smallest absolute Gasteiger partial charge is 0.226 e. The van der Waals surface area contributed by atoms with Gasteiger partial charge in [-0.15, -0.1) is 0 Å². The molecular weight excluding hydrogens is 446 g/mol. The van der Waals surface area contributed by atoms with Crippen molar-refractivity contribution in [2.24, 2.45) is 5.92 Å². The molecule has 3 aromatic carbocycles. The van der Waals surface area contributed by atoms with E-state index >= 15 is 0 Å². The number of fused-ring (bicyclic) bond motifs is 1.